The molecule has 0 bridgehead atoms. The molecule has 2 aromatic rings. The van der Waals surface area contributed by atoms with Crippen molar-refractivity contribution < 1.29 is 42.3 Å². The maximum Gasteiger partial charge on any atom is 0.269 e. The number of hydrogen-bond acceptors (Lipinski definition) is 3. The maximum atomic E-state index is 10.5. The van der Waals surface area contributed by atoms with Crippen LogP contribution in [-0.2, 0) is 20.4 Å². The van der Waals surface area contributed by atoms with Gasteiger partial charge in [0.25, 0.3) is 5.69 Å². The molecule has 1 radical (unpaired) electrons. The first-order valence-electron chi connectivity index (χ1n) is 4.65. The van der Waals surface area contributed by atoms with E-state index < -0.39 is 4.92 Å². The minimum absolute atomic E-state index is 0. The van der Waals surface area contributed by atoms with Crippen molar-refractivity contribution in [2.75, 3.05) is 0 Å². The first-order valence-corrected chi connectivity index (χ1v) is 5.46. The summed E-state index contributed by atoms with van der Waals surface area (Å²) in [7, 11) is 0. The van der Waals surface area contributed by atoms with Crippen LogP contribution in [0.1, 0.15) is 0 Å². The molecule has 6 heteroatoms. The van der Waals surface area contributed by atoms with Crippen LogP contribution in [0.3, 0.4) is 0 Å². The number of nitro benzene ring substituents is 1. The molecule has 0 aliphatic rings. The largest absolute Gasteiger partial charge is 1.00 e. The Kier molecular flexibility index (Phi) is 8.12. The van der Waals surface area contributed by atoms with Crippen LogP contribution in [0, 0.1) is 16.2 Å². The predicted octanol–water partition coefficient (Wildman–Crippen LogP) is 0.548. The summed E-state index contributed by atoms with van der Waals surface area (Å²) >= 11 is 1.53. The number of halogens is 1. The Labute approximate surface area is 134 Å². The van der Waals surface area contributed by atoms with Crippen LogP contribution in [0.2, 0.25) is 0 Å². The Morgan fingerprint density at radius 2 is 1.78 bits per heavy atom. The molecular weight excluding hydrogens is 409 g/mol. The van der Waals surface area contributed by atoms with Crippen molar-refractivity contribution in [3.05, 3.63) is 64.7 Å². The molecule has 2 aromatic carbocycles. The van der Waals surface area contributed by atoms with Crippen molar-refractivity contribution in [2.45, 2.75) is 9.79 Å². The van der Waals surface area contributed by atoms with Gasteiger partial charge in [-0.3, -0.25) is 10.1 Å². The second-order valence-electron chi connectivity index (χ2n) is 3.08. The third-order valence-electron chi connectivity index (χ3n) is 1.96. The van der Waals surface area contributed by atoms with Gasteiger partial charge in [-0.15, -0.1) is 0 Å². The summed E-state index contributed by atoms with van der Waals surface area (Å²) in [5, 5.41) is 10.5. The first kappa shape index (κ1) is 17.3. The predicted molar refractivity (Wildman–Crippen MR) is 62.5 cm³/mol. The van der Waals surface area contributed by atoms with Crippen molar-refractivity contribution in [1.29, 1.82) is 0 Å². The minimum atomic E-state index is -0.400. The van der Waals surface area contributed by atoms with Crippen LogP contribution in [0.4, 0.5) is 5.69 Å². The summed E-state index contributed by atoms with van der Waals surface area (Å²) in [6, 6.07) is 17.2. The van der Waals surface area contributed by atoms with Gasteiger partial charge in [0.05, 0.1) is 4.92 Å². The first-order chi connectivity index (χ1) is 7.75. The average molecular weight is 417 g/mol. The van der Waals surface area contributed by atoms with Gasteiger partial charge in [0.1, 0.15) is 0 Å². The van der Waals surface area contributed by atoms with Crippen LogP contribution in [-0.4, -0.2) is 4.92 Å². The van der Waals surface area contributed by atoms with Crippen molar-refractivity contribution in [3.63, 3.8) is 0 Å². The van der Waals surface area contributed by atoms with E-state index in [1.165, 1.54) is 23.9 Å². The van der Waals surface area contributed by atoms with Gasteiger partial charge >= 0.3 is 0 Å². The Morgan fingerprint density at radius 3 is 2.28 bits per heavy atom. The van der Waals surface area contributed by atoms with E-state index in [9.17, 15) is 10.1 Å². The van der Waals surface area contributed by atoms with Gasteiger partial charge in [-0.2, -0.15) is 0 Å². The minimum Gasteiger partial charge on any atom is -1.00 e. The van der Waals surface area contributed by atoms with Gasteiger partial charge in [0.15, 0.2) is 0 Å². The van der Waals surface area contributed by atoms with E-state index in [1.807, 2.05) is 24.3 Å². The molecule has 0 saturated heterocycles. The fourth-order valence-corrected chi connectivity index (χ4v) is 2.00. The molecule has 0 spiro atoms. The number of benzene rings is 2. The zero-order chi connectivity index (χ0) is 11.4. The van der Waals surface area contributed by atoms with E-state index in [4.69, 9.17) is 0 Å². The molecule has 0 fully saturated rings. The summed E-state index contributed by atoms with van der Waals surface area (Å²) in [5.74, 6) is 0. The van der Waals surface area contributed by atoms with E-state index in [1.54, 1.807) is 12.1 Å². The zero-order valence-electron chi connectivity index (χ0n) is 8.98. The Bertz CT molecular complexity index is 493. The molecule has 18 heavy (non-hydrogen) atoms. The average Bonchev–Trinajstić information content (AvgIpc) is 2.31. The fraction of sp³-hybridized carbons (Fsp3) is 0. The number of nitrogens with zero attached hydrogens (tertiary/aromatic N) is 1. The van der Waals surface area contributed by atoms with Crippen LogP contribution in [0.5, 0.6) is 0 Å². The quantitative estimate of drug-likeness (QED) is 0.417. The molecule has 0 unspecified atom stereocenters. The fourth-order valence-electron chi connectivity index (χ4n) is 1.20. The smallest absolute Gasteiger partial charge is 0.269 e. The van der Waals surface area contributed by atoms with Crippen LogP contribution in [0.25, 0.3) is 0 Å². The number of hydrogen-bond donors (Lipinski definition) is 0. The summed E-state index contributed by atoms with van der Waals surface area (Å²) in [6.07, 6.45) is 0. The van der Waals surface area contributed by atoms with Gasteiger partial charge in [-0.25, -0.2) is 0 Å². The van der Waals surface area contributed by atoms with E-state index >= 15 is 0 Å². The number of nitro groups is 1. The molecule has 0 saturated carbocycles. The normalized spacial score (nSPS) is 8.89. The maximum absolute atomic E-state index is 10.5. The molecule has 0 aromatic heterocycles. The molecule has 0 amide bonds. The Balaban J connectivity index is 0.00000144. The summed E-state index contributed by atoms with van der Waals surface area (Å²) in [6.45, 7) is 0. The molecule has 3 nitrogen and oxygen atoms in total. The second kappa shape index (κ2) is 8.44. The van der Waals surface area contributed by atoms with E-state index in [0.29, 0.717) is 0 Å². The molecular formula is C12H8BrNO2PdS-. The molecule has 0 aliphatic carbocycles. The van der Waals surface area contributed by atoms with Crippen LogP contribution in [0.15, 0.2) is 58.3 Å². The van der Waals surface area contributed by atoms with Crippen molar-refractivity contribution in [2.24, 2.45) is 0 Å². The van der Waals surface area contributed by atoms with Gasteiger partial charge in [0, 0.05) is 42.3 Å². The molecule has 0 aliphatic heterocycles. The SMILES string of the molecule is O=[N+]([O-])c1ccc(Sc2[c]cccc2)cc1.[Br-].[Pd]. The van der Waals surface area contributed by atoms with Crippen molar-refractivity contribution in [3.8, 4) is 0 Å². The molecule has 0 atom stereocenters. The van der Waals surface area contributed by atoms with Crippen molar-refractivity contribution >= 4 is 17.4 Å². The van der Waals surface area contributed by atoms with Crippen molar-refractivity contribution in [1.82, 2.24) is 0 Å². The summed E-state index contributed by atoms with van der Waals surface area (Å²) in [5.41, 5.74) is 0.112. The van der Waals surface area contributed by atoms with Crippen LogP contribution >= 0.6 is 11.8 Å². The molecule has 0 N–H and O–H groups in total. The van der Waals surface area contributed by atoms with E-state index in [0.717, 1.165) is 9.79 Å². The topological polar surface area (TPSA) is 43.1 Å². The number of rotatable bonds is 3. The zero-order valence-corrected chi connectivity index (χ0v) is 12.9. The van der Waals surface area contributed by atoms with Crippen LogP contribution < -0.4 is 17.0 Å². The van der Waals surface area contributed by atoms with E-state index in [-0.39, 0.29) is 43.1 Å². The van der Waals surface area contributed by atoms with E-state index in [2.05, 4.69) is 6.07 Å². The summed E-state index contributed by atoms with van der Waals surface area (Å²) in [4.78, 5) is 12.0. The Morgan fingerprint density at radius 1 is 1.11 bits per heavy atom. The van der Waals surface area contributed by atoms with Gasteiger partial charge in [0.2, 0.25) is 0 Å². The van der Waals surface area contributed by atoms with Gasteiger partial charge in [-0.05, 0) is 24.3 Å². The van der Waals surface area contributed by atoms with Gasteiger partial charge in [-0.1, -0.05) is 30.0 Å². The summed E-state index contributed by atoms with van der Waals surface area (Å²) < 4.78 is 0. The number of non-ortho nitro benzene ring substituents is 1. The monoisotopic (exact) mass is 415 g/mol. The third-order valence-corrected chi connectivity index (χ3v) is 2.94. The standard InChI is InChI=1S/C12H8NO2S.BrH.Pd/c14-13(15)10-6-8-12(9-7-10)16-11-4-2-1-3-5-11;;/h1-4,6-9H;1H;/p-1. The third kappa shape index (κ3) is 4.91. The molecule has 2 rings (SSSR count). The Hall–Kier alpha value is -0.668. The second-order valence-corrected chi connectivity index (χ2v) is 4.20. The van der Waals surface area contributed by atoms with Gasteiger partial charge < -0.3 is 17.0 Å². The molecule has 97 valence electrons. The molecule has 0 heterocycles.